The zero-order valence-corrected chi connectivity index (χ0v) is 21.4. The molecule has 1 aliphatic rings. The highest BCUT2D eigenvalue weighted by atomic mass is 35.5. The van der Waals surface area contributed by atoms with Gasteiger partial charge in [0.2, 0.25) is 5.91 Å². The number of fused-ring (bicyclic) bond motifs is 1. The molecule has 2 aromatic heterocycles. The van der Waals surface area contributed by atoms with E-state index in [-0.39, 0.29) is 23.2 Å². The third-order valence-corrected chi connectivity index (χ3v) is 6.31. The van der Waals surface area contributed by atoms with Crippen LogP contribution in [0, 0.1) is 5.41 Å². The van der Waals surface area contributed by atoms with E-state index in [4.69, 9.17) is 22.1 Å². The van der Waals surface area contributed by atoms with Crippen molar-refractivity contribution in [2.24, 2.45) is 11.1 Å². The van der Waals surface area contributed by atoms with Gasteiger partial charge < -0.3 is 15.8 Å². The Morgan fingerprint density at radius 3 is 2.66 bits per heavy atom. The lowest BCUT2D eigenvalue weighted by atomic mass is 9.82. The molecule has 0 radical (unpaired) electrons. The molecule has 3 aromatic rings. The van der Waals surface area contributed by atoms with Crippen molar-refractivity contribution >= 4 is 29.4 Å². The molecule has 0 fully saturated rings. The Morgan fingerprint density at radius 1 is 1.23 bits per heavy atom. The molecular weight excluding hydrogens is 466 g/mol. The van der Waals surface area contributed by atoms with Crippen molar-refractivity contribution in [2.75, 3.05) is 5.32 Å². The number of hydrogen-bond donors (Lipinski definition) is 2. The fourth-order valence-electron chi connectivity index (χ4n) is 4.72. The standard InChI is InChI=1S/C26H30ClN5O3/c1-25(2,3)23-15(7-6-8-20(23)35-24(28)34)9-22(33)31-21-10-16(18(27)13-29-21)17-12-30-32-14-26(4,5)11-19(17)32/h6-8,10,12-13H,9,11,14H2,1-5H3,(H2,28,34)(H,29,31,33). The molecule has 0 unspecified atom stereocenters. The van der Waals surface area contributed by atoms with Gasteiger partial charge >= 0.3 is 6.09 Å². The van der Waals surface area contributed by atoms with E-state index in [9.17, 15) is 9.59 Å². The van der Waals surface area contributed by atoms with Gasteiger partial charge in [-0.15, -0.1) is 0 Å². The van der Waals surface area contributed by atoms with Crippen LogP contribution in [0.15, 0.2) is 36.7 Å². The van der Waals surface area contributed by atoms with Crippen molar-refractivity contribution in [3.8, 4) is 16.9 Å². The molecule has 0 spiro atoms. The number of primary amides is 1. The zero-order chi connectivity index (χ0) is 25.5. The Labute approximate surface area is 209 Å². The van der Waals surface area contributed by atoms with Gasteiger partial charge in [-0.25, -0.2) is 9.78 Å². The average Bonchev–Trinajstić information content (AvgIpc) is 3.23. The second-order valence-electron chi connectivity index (χ2n) is 10.7. The van der Waals surface area contributed by atoms with Gasteiger partial charge in [-0.2, -0.15) is 5.10 Å². The molecule has 3 heterocycles. The smallest absolute Gasteiger partial charge is 0.409 e. The fourth-order valence-corrected chi connectivity index (χ4v) is 4.92. The summed E-state index contributed by atoms with van der Waals surface area (Å²) >= 11 is 6.49. The van der Waals surface area contributed by atoms with Gasteiger partial charge in [0.05, 0.1) is 17.6 Å². The Bertz CT molecular complexity index is 1310. The van der Waals surface area contributed by atoms with Gasteiger partial charge in [-0.3, -0.25) is 9.48 Å². The van der Waals surface area contributed by atoms with Gasteiger partial charge in [0.1, 0.15) is 11.6 Å². The number of amides is 2. The monoisotopic (exact) mass is 495 g/mol. The van der Waals surface area contributed by atoms with E-state index < -0.39 is 6.09 Å². The van der Waals surface area contributed by atoms with E-state index in [1.54, 1.807) is 24.4 Å². The van der Waals surface area contributed by atoms with Gasteiger partial charge in [0.15, 0.2) is 0 Å². The molecular formula is C26H30ClN5O3. The first kappa shape index (κ1) is 24.7. The van der Waals surface area contributed by atoms with Crippen molar-refractivity contribution < 1.29 is 14.3 Å². The number of nitrogens with one attached hydrogen (secondary N) is 1. The van der Waals surface area contributed by atoms with Crippen LogP contribution in [-0.2, 0) is 29.6 Å². The summed E-state index contributed by atoms with van der Waals surface area (Å²) in [5.74, 6) is 0.488. The number of nitrogens with two attached hydrogens (primary N) is 1. The van der Waals surface area contributed by atoms with E-state index in [2.05, 4.69) is 29.2 Å². The Morgan fingerprint density at radius 2 is 1.97 bits per heavy atom. The third kappa shape index (κ3) is 5.32. The first-order valence-electron chi connectivity index (χ1n) is 11.4. The molecule has 0 saturated carbocycles. The molecule has 3 N–H and O–H groups in total. The number of carbonyl (C=O) groups excluding carboxylic acids is 2. The quantitative estimate of drug-likeness (QED) is 0.510. The van der Waals surface area contributed by atoms with E-state index in [1.165, 1.54) is 0 Å². The maximum Gasteiger partial charge on any atom is 0.409 e. The highest BCUT2D eigenvalue weighted by Crippen LogP contribution is 2.39. The number of hydrogen-bond acceptors (Lipinski definition) is 5. The maximum atomic E-state index is 13.0. The predicted molar refractivity (Wildman–Crippen MR) is 136 cm³/mol. The summed E-state index contributed by atoms with van der Waals surface area (Å²) in [6.07, 6.45) is 3.42. The molecule has 0 saturated heterocycles. The van der Waals surface area contributed by atoms with Gasteiger partial charge in [0, 0.05) is 35.1 Å². The topological polar surface area (TPSA) is 112 Å². The number of rotatable bonds is 5. The molecule has 1 aliphatic heterocycles. The predicted octanol–water partition coefficient (Wildman–Crippen LogP) is 5.12. The number of halogens is 1. The zero-order valence-electron chi connectivity index (χ0n) is 20.6. The number of nitrogens with zero attached hydrogens (tertiary/aromatic N) is 3. The van der Waals surface area contributed by atoms with Crippen molar-refractivity contribution in [2.45, 2.75) is 59.4 Å². The van der Waals surface area contributed by atoms with Crippen LogP contribution in [0.1, 0.15) is 51.4 Å². The van der Waals surface area contributed by atoms with Crippen LogP contribution in [-0.4, -0.2) is 26.8 Å². The minimum absolute atomic E-state index is 0.0690. The van der Waals surface area contributed by atoms with Crippen LogP contribution in [0.25, 0.3) is 11.1 Å². The Balaban J connectivity index is 1.59. The summed E-state index contributed by atoms with van der Waals surface area (Å²) in [6.45, 7) is 11.2. The normalized spacial score (nSPS) is 14.5. The SMILES string of the molecule is CC1(C)Cc2c(-c3cc(NC(=O)Cc4cccc(OC(N)=O)c4C(C)(C)C)ncc3Cl)cnn2C1. The Hall–Kier alpha value is -3.39. The minimum atomic E-state index is -0.898. The lowest BCUT2D eigenvalue weighted by molar-refractivity contribution is -0.115. The van der Waals surface area contributed by atoms with Gasteiger partial charge in [-0.1, -0.05) is 58.4 Å². The molecule has 0 aliphatic carbocycles. The van der Waals surface area contributed by atoms with Crippen LogP contribution in [0.4, 0.5) is 10.6 Å². The van der Waals surface area contributed by atoms with Crippen LogP contribution >= 0.6 is 11.6 Å². The molecule has 1 aromatic carbocycles. The molecule has 4 rings (SSSR count). The highest BCUT2D eigenvalue weighted by Gasteiger charge is 2.32. The maximum absolute atomic E-state index is 13.0. The van der Waals surface area contributed by atoms with Crippen molar-refractivity contribution in [1.29, 1.82) is 0 Å². The van der Waals surface area contributed by atoms with Gasteiger partial charge in [0.25, 0.3) is 0 Å². The first-order chi connectivity index (χ1) is 16.3. The van der Waals surface area contributed by atoms with E-state index >= 15 is 0 Å². The molecule has 2 amide bonds. The second kappa shape index (κ2) is 9.00. The second-order valence-corrected chi connectivity index (χ2v) is 11.1. The van der Waals surface area contributed by atoms with Crippen LogP contribution in [0.3, 0.4) is 0 Å². The van der Waals surface area contributed by atoms with E-state index in [0.717, 1.165) is 40.9 Å². The summed E-state index contributed by atoms with van der Waals surface area (Å²) in [5, 5.41) is 7.89. The number of aromatic nitrogens is 3. The first-order valence-corrected chi connectivity index (χ1v) is 11.8. The van der Waals surface area contributed by atoms with E-state index in [1.807, 2.05) is 37.7 Å². The largest absolute Gasteiger partial charge is 0.410 e. The Kier molecular flexibility index (Phi) is 6.36. The van der Waals surface area contributed by atoms with Crippen LogP contribution in [0.2, 0.25) is 5.02 Å². The van der Waals surface area contributed by atoms with Crippen LogP contribution < -0.4 is 15.8 Å². The van der Waals surface area contributed by atoms with Crippen molar-refractivity contribution in [3.05, 3.63) is 58.5 Å². The molecule has 9 heteroatoms. The van der Waals surface area contributed by atoms with Gasteiger partial charge in [-0.05, 0) is 34.9 Å². The molecule has 184 valence electrons. The fraction of sp³-hybridized carbons (Fsp3) is 0.385. The molecule has 35 heavy (non-hydrogen) atoms. The summed E-state index contributed by atoms with van der Waals surface area (Å²) in [7, 11) is 0. The number of carbonyl (C=O) groups is 2. The van der Waals surface area contributed by atoms with Crippen molar-refractivity contribution in [1.82, 2.24) is 14.8 Å². The summed E-state index contributed by atoms with van der Waals surface area (Å²) < 4.78 is 7.22. The lowest BCUT2D eigenvalue weighted by Gasteiger charge is -2.25. The summed E-state index contributed by atoms with van der Waals surface area (Å²) in [5.41, 5.74) is 9.32. The minimum Gasteiger partial charge on any atom is -0.410 e. The highest BCUT2D eigenvalue weighted by molar-refractivity contribution is 6.33. The third-order valence-electron chi connectivity index (χ3n) is 6.01. The number of anilines is 1. The number of pyridine rings is 1. The van der Waals surface area contributed by atoms with E-state index in [0.29, 0.717) is 16.6 Å². The number of ether oxygens (including phenoxy) is 1. The molecule has 8 nitrogen and oxygen atoms in total. The number of benzene rings is 1. The average molecular weight is 496 g/mol. The molecule has 0 bridgehead atoms. The van der Waals surface area contributed by atoms with Crippen molar-refractivity contribution in [3.63, 3.8) is 0 Å². The lowest BCUT2D eigenvalue weighted by Crippen LogP contribution is -2.23. The van der Waals surface area contributed by atoms with Crippen LogP contribution in [0.5, 0.6) is 5.75 Å². The summed E-state index contributed by atoms with van der Waals surface area (Å²) in [4.78, 5) is 28.7. The molecule has 0 atom stereocenters. The summed E-state index contributed by atoms with van der Waals surface area (Å²) in [6, 6.07) is 7.02.